The summed E-state index contributed by atoms with van der Waals surface area (Å²) in [5.41, 5.74) is 2.60. The van der Waals surface area contributed by atoms with E-state index in [1.165, 1.54) is 0 Å². The summed E-state index contributed by atoms with van der Waals surface area (Å²) in [4.78, 5) is 19.4. The number of nitrogens with zero attached hydrogens (tertiary/aromatic N) is 4. The molecule has 1 aliphatic carbocycles. The standard InChI is InChI=1S/C20H21N5O/c26-20(21-15-7-8-15)18-12-16-13-24(10-3-11-25(16)23-18)19-9-6-14-4-1-2-5-17(14)22-19/h1-2,4-6,9,12,15H,3,7-8,10-11,13H2,(H,21,26). The molecule has 6 heteroatoms. The molecule has 1 saturated carbocycles. The van der Waals surface area contributed by atoms with E-state index >= 15 is 0 Å². The molecule has 6 nitrogen and oxygen atoms in total. The smallest absolute Gasteiger partial charge is 0.272 e. The number of nitrogens with one attached hydrogen (secondary N) is 1. The first-order chi connectivity index (χ1) is 12.8. The number of aromatic nitrogens is 3. The van der Waals surface area contributed by atoms with Gasteiger partial charge in [0.25, 0.3) is 5.91 Å². The Balaban J connectivity index is 1.41. The van der Waals surface area contributed by atoms with Crippen LogP contribution < -0.4 is 10.2 Å². The fraction of sp³-hybridized carbons (Fsp3) is 0.350. The minimum atomic E-state index is -0.0524. The van der Waals surface area contributed by atoms with Crippen molar-refractivity contribution in [2.24, 2.45) is 0 Å². The van der Waals surface area contributed by atoms with E-state index in [1.807, 2.05) is 28.9 Å². The van der Waals surface area contributed by atoms with Gasteiger partial charge in [-0.1, -0.05) is 18.2 Å². The lowest BCUT2D eigenvalue weighted by molar-refractivity contribution is 0.0945. The topological polar surface area (TPSA) is 63.1 Å². The number of benzene rings is 1. The van der Waals surface area contributed by atoms with Gasteiger partial charge in [0.15, 0.2) is 5.69 Å². The third kappa shape index (κ3) is 2.92. The van der Waals surface area contributed by atoms with E-state index in [2.05, 4.69) is 33.5 Å². The van der Waals surface area contributed by atoms with Crippen molar-refractivity contribution in [2.75, 3.05) is 11.4 Å². The maximum atomic E-state index is 12.3. The maximum absolute atomic E-state index is 12.3. The molecule has 5 rings (SSSR count). The summed E-state index contributed by atoms with van der Waals surface area (Å²) in [6.45, 7) is 2.48. The minimum Gasteiger partial charge on any atom is -0.351 e. The number of pyridine rings is 1. The van der Waals surface area contributed by atoms with Crippen LogP contribution in [0.3, 0.4) is 0 Å². The molecular weight excluding hydrogens is 326 g/mol. The minimum absolute atomic E-state index is 0.0524. The molecule has 3 heterocycles. The van der Waals surface area contributed by atoms with Crippen LogP contribution in [0.25, 0.3) is 10.9 Å². The second-order valence-electron chi connectivity index (χ2n) is 7.13. The summed E-state index contributed by atoms with van der Waals surface area (Å²) in [5, 5.41) is 8.69. The molecule has 1 aliphatic heterocycles. The van der Waals surface area contributed by atoms with E-state index < -0.39 is 0 Å². The molecule has 1 amide bonds. The molecule has 0 radical (unpaired) electrons. The van der Waals surface area contributed by atoms with E-state index in [-0.39, 0.29) is 5.91 Å². The number of hydrogen-bond acceptors (Lipinski definition) is 4. The van der Waals surface area contributed by atoms with Crippen molar-refractivity contribution in [1.82, 2.24) is 20.1 Å². The van der Waals surface area contributed by atoms with Crippen LogP contribution in [0.15, 0.2) is 42.5 Å². The number of para-hydroxylation sites is 1. The van der Waals surface area contributed by atoms with Gasteiger partial charge in [-0.3, -0.25) is 9.48 Å². The second kappa shape index (κ2) is 6.12. The Hall–Kier alpha value is -2.89. The Labute approximate surface area is 151 Å². The molecule has 0 atom stereocenters. The molecule has 0 bridgehead atoms. The lowest BCUT2D eigenvalue weighted by Crippen LogP contribution is -2.26. The summed E-state index contributed by atoms with van der Waals surface area (Å²) in [5.74, 6) is 0.922. The van der Waals surface area contributed by atoms with Crippen LogP contribution in [0.1, 0.15) is 35.4 Å². The number of hydrogen-bond donors (Lipinski definition) is 1. The van der Waals surface area contributed by atoms with Crippen LogP contribution >= 0.6 is 0 Å². The number of amides is 1. The van der Waals surface area contributed by atoms with Gasteiger partial charge in [-0.15, -0.1) is 0 Å². The molecule has 2 aromatic heterocycles. The fourth-order valence-electron chi connectivity index (χ4n) is 3.49. The van der Waals surface area contributed by atoms with Crippen LogP contribution in [0.2, 0.25) is 0 Å². The highest BCUT2D eigenvalue weighted by Gasteiger charge is 2.26. The SMILES string of the molecule is O=C(NC1CC1)c1cc2n(n1)CCCN(c1ccc3ccccc3n1)C2. The number of aryl methyl sites for hydroxylation is 1. The van der Waals surface area contributed by atoms with Crippen molar-refractivity contribution < 1.29 is 4.79 Å². The van der Waals surface area contributed by atoms with Crippen molar-refractivity contribution in [1.29, 1.82) is 0 Å². The van der Waals surface area contributed by atoms with Crippen LogP contribution in [0.5, 0.6) is 0 Å². The molecule has 3 aromatic rings. The van der Waals surface area contributed by atoms with Crippen LogP contribution in [-0.4, -0.2) is 33.3 Å². The Morgan fingerprint density at radius 2 is 2.00 bits per heavy atom. The van der Waals surface area contributed by atoms with Crippen molar-refractivity contribution >= 4 is 22.6 Å². The Bertz CT molecular complexity index is 975. The highest BCUT2D eigenvalue weighted by atomic mass is 16.2. The number of anilines is 1. The number of carbonyl (C=O) groups excluding carboxylic acids is 1. The first-order valence-electron chi connectivity index (χ1n) is 9.24. The molecule has 1 aromatic carbocycles. The van der Waals surface area contributed by atoms with Crippen LogP contribution in [0.4, 0.5) is 5.82 Å². The van der Waals surface area contributed by atoms with Crippen LogP contribution in [0, 0.1) is 0 Å². The summed E-state index contributed by atoms with van der Waals surface area (Å²) >= 11 is 0. The predicted octanol–water partition coefficient (Wildman–Crippen LogP) is 2.73. The van der Waals surface area contributed by atoms with Crippen LogP contribution in [-0.2, 0) is 13.1 Å². The lowest BCUT2D eigenvalue weighted by atomic mass is 10.2. The van der Waals surface area contributed by atoms with Crippen molar-refractivity contribution in [2.45, 2.75) is 38.4 Å². The predicted molar refractivity (Wildman–Crippen MR) is 100 cm³/mol. The van der Waals surface area contributed by atoms with E-state index in [9.17, 15) is 4.79 Å². The molecule has 0 spiro atoms. The van der Waals surface area contributed by atoms with Crippen molar-refractivity contribution in [3.05, 3.63) is 53.9 Å². The third-order valence-corrected chi connectivity index (χ3v) is 5.07. The van der Waals surface area contributed by atoms with Crippen molar-refractivity contribution in [3.63, 3.8) is 0 Å². The van der Waals surface area contributed by atoms with Gasteiger partial charge in [-0.2, -0.15) is 5.10 Å². The molecule has 132 valence electrons. The zero-order valence-corrected chi connectivity index (χ0v) is 14.6. The quantitative estimate of drug-likeness (QED) is 0.791. The largest absolute Gasteiger partial charge is 0.351 e. The molecule has 1 fully saturated rings. The maximum Gasteiger partial charge on any atom is 0.272 e. The average Bonchev–Trinajstić information content (AvgIpc) is 3.43. The number of rotatable bonds is 3. The van der Waals surface area contributed by atoms with E-state index in [4.69, 9.17) is 4.98 Å². The molecule has 1 N–H and O–H groups in total. The lowest BCUT2D eigenvalue weighted by Gasteiger charge is -2.21. The Morgan fingerprint density at radius 3 is 2.88 bits per heavy atom. The fourth-order valence-corrected chi connectivity index (χ4v) is 3.49. The Morgan fingerprint density at radius 1 is 1.12 bits per heavy atom. The van der Waals surface area contributed by atoms with E-state index in [0.29, 0.717) is 11.7 Å². The molecular formula is C20H21N5O. The number of carbonyl (C=O) groups is 1. The van der Waals surface area contributed by atoms with Gasteiger partial charge in [-0.25, -0.2) is 4.98 Å². The first-order valence-corrected chi connectivity index (χ1v) is 9.24. The van der Waals surface area contributed by atoms with Gasteiger partial charge in [0, 0.05) is 24.5 Å². The summed E-state index contributed by atoms with van der Waals surface area (Å²) in [6, 6.07) is 14.6. The summed E-state index contributed by atoms with van der Waals surface area (Å²) in [6.07, 6.45) is 3.15. The Kier molecular flexibility index (Phi) is 3.62. The van der Waals surface area contributed by atoms with Gasteiger partial charge in [0.05, 0.1) is 17.8 Å². The monoisotopic (exact) mass is 347 g/mol. The zero-order valence-electron chi connectivity index (χ0n) is 14.6. The molecule has 2 aliphatic rings. The highest BCUT2D eigenvalue weighted by Crippen LogP contribution is 2.23. The van der Waals surface area contributed by atoms with Gasteiger partial charge >= 0.3 is 0 Å². The summed E-state index contributed by atoms with van der Waals surface area (Å²) in [7, 11) is 0. The summed E-state index contributed by atoms with van der Waals surface area (Å²) < 4.78 is 1.98. The molecule has 26 heavy (non-hydrogen) atoms. The first kappa shape index (κ1) is 15.4. The zero-order chi connectivity index (χ0) is 17.5. The second-order valence-corrected chi connectivity index (χ2v) is 7.13. The van der Waals surface area contributed by atoms with Gasteiger partial charge in [-0.05, 0) is 43.5 Å². The van der Waals surface area contributed by atoms with Gasteiger partial charge in [0.2, 0.25) is 0 Å². The normalized spacial score (nSPS) is 17.0. The third-order valence-electron chi connectivity index (χ3n) is 5.07. The van der Waals surface area contributed by atoms with Crippen molar-refractivity contribution in [3.8, 4) is 0 Å². The molecule has 0 unspecified atom stereocenters. The number of fused-ring (bicyclic) bond motifs is 2. The average molecular weight is 347 g/mol. The molecule has 0 saturated heterocycles. The van der Waals surface area contributed by atoms with E-state index in [0.717, 1.165) is 61.3 Å². The van der Waals surface area contributed by atoms with Gasteiger partial charge < -0.3 is 10.2 Å². The van der Waals surface area contributed by atoms with Gasteiger partial charge in [0.1, 0.15) is 5.82 Å². The highest BCUT2D eigenvalue weighted by molar-refractivity contribution is 5.92. The van der Waals surface area contributed by atoms with E-state index in [1.54, 1.807) is 0 Å².